The first-order chi connectivity index (χ1) is 10.0. The van der Waals surface area contributed by atoms with Crippen LogP contribution in [0.3, 0.4) is 0 Å². The molecule has 1 amide bonds. The lowest BCUT2D eigenvalue weighted by Gasteiger charge is -2.29. The number of nitrogens with one attached hydrogen (secondary N) is 1. The number of halogens is 1. The molecule has 0 unspecified atom stereocenters. The highest BCUT2D eigenvalue weighted by Crippen LogP contribution is 2.08. The maximum Gasteiger partial charge on any atom is 0.220 e. The van der Waals surface area contributed by atoms with Gasteiger partial charge in [-0.1, -0.05) is 38.7 Å². The summed E-state index contributed by atoms with van der Waals surface area (Å²) in [7, 11) is 4.45. The number of hydrogen-bond donors (Lipinski definition) is 1. The van der Waals surface area contributed by atoms with E-state index in [1.54, 1.807) is 0 Å². The third kappa shape index (κ3) is 16.0. The van der Waals surface area contributed by atoms with Gasteiger partial charge in [0.05, 0.1) is 33.7 Å². The molecule has 0 heterocycles. The van der Waals surface area contributed by atoms with Crippen LogP contribution in [0.2, 0.25) is 0 Å². The van der Waals surface area contributed by atoms with E-state index in [1.807, 2.05) is 6.08 Å². The van der Waals surface area contributed by atoms with Gasteiger partial charge in [-0.3, -0.25) is 4.79 Å². The van der Waals surface area contributed by atoms with E-state index < -0.39 is 0 Å². The summed E-state index contributed by atoms with van der Waals surface area (Å²) in [4.78, 5) is 11.7. The molecule has 1 N–H and O–H groups in total. The second kappa shape index (κ2) is 15.5. The molecular formula is C18H38BrN2O+. The summed E-state index contributed by atoms with van der Waals surface area (Å²) in [6, 6.07) is 0. The van der Waals surface area contributed by atoms with Crippen molar-refractivity contribution in [2.45, 2.75) is 64.7 Å². The Kier molecular flexibility index (Phi) is 16.9. The van der Waals surface area contributed by atoms with Gasteiger partial charge in [0.1, 0.15) is 0 Å². The van der Waals surface area contributed by atoms with E-state index in [4.69, 9.17) is 0 Å². The lowest BCUT2D eigenvalue weighted by molar-refractivity contribution is -0.889. The predicted octanol–water partition coefficient (Wildman–Crippen LogP) is 4.47. The summed E-state index contributed by atoms with van der Waals surface area (Å²) in [6.45, 7) is 8.92. The molecule has 0 aromatic rings. The predicted molar refractivity (Wildman–Crippen MR) is 103 cm³/mol. The molecule has 0 radical (unpaired) electrons. The maximum absolute atomic E-state index is 11.7. The van der Waals surface area contributed by atoms with Gasteiger partial charge < -0.3 is 9.80 Å². The van der Waals surface area contributed by atoms with Crippen LogP contribution in [0.5, 0.6) is 0 Å². The van der Waals surface area contributed by atoms with Crippen molar-refractivity contribution < 1.29 is 9.28 Å². The largest absolute Gasteiger partial charge is 0.350 e. The molecule has 0 aliphatic rings. The van der Waals surface area contributed by atoms with Gasteiger partial charge in [-0.2, -0.15) is 0 Å². The van der Waals surface area contributed by atoms with Crippen molar-refractivity contribution >= 4 is 22.9 Å². The zero-order valence-corrected chi connectivity index (χ0v) is 16.7. The molecule has 0 saturated heterocycles. The minimum absolute atomic E-state index is 0. The Hall–Kier alpha value is -0.350. The highest BCUT2D eigenvalue weighted by molar-refractivity contribution is 8.93. The van der Waals surface area contributed by atoms with Crippen LogP contribution in [0.25, 0.3) is 0 Å². The number of rotatable bonds is 14. The quantitative estimate of drug-likeness (QED) is 0.270. The van der Waals surface area contributed by atoms with Gasteiger partial charge in [0, 0.05) is 6.42 Å². The second-order valence-corrected chi connectivity index (χ2v) is 6.68. The molecule has 0 aromatic heterocycles. The number of unbranched alkanes of at least 4 members (excludes halogenated alkanes) is 6. The molecule has 132 valence electrons. The van der Waals surface area contributed by atoms with Gasteiger partial charge >= 0.3 is 0 Å². The van der Waals surface area contributed by atoms with Crippen molar-refractivity contribution in [1.29, 1.82) is 0 Å². The first kappa shape index (κ1) is 23.9. The van der Waals surface area contributed by atoms with Gasteiger partial charge in [0.25, 0.3) is 0 Å². The highest BCUT2D eigenvalue weighted by atomic mass is 79.9. The van der Waals surface area contributed by atoms with Crippen LogP contribution in [-0.4, -0.2) is 44.1 Å². The van der Waals surface area contributed by atoms with E-state index in [0.717, 1.165) is 30.4 Å². The van der Waals surface area contributed by atoms with Crippen molar-refractivity contribution in [3.05, 3.63) is 12.7 Å². The summed E-state index contributed by atoms with van der Waals surface area (Å²) in [6.07, 6.45) is 12.3. The molecule has 0 bridgehead atoms. The van der Waals surface area contributed by atoms with Crippen LogP contribution in [0.4, 0.5) is 0 Å². The molecule has 0 atom stereocenters. The highest BCUT2D eigenvalue weighted by Gasteiger charge is 2.13. The Morgan fingerprint density at radius 1 is 1.05 bits per heavy atom. The van der Waals surface area contributed by atoms with Gasteiger partial charge in [0.2, 0.25) is 5.91 Å². The van der Waals surface area contributed by atoms with Crippen molar-refractivity contribution in [3.8, 4) is 0 Å². The average molecular weight is 378 g/mol. The third-order valence-electron chi connectivity index (χ3n) is 3.93. The second-order valence-electron chi connectivity index (χ2n) is 6.68. The van der Waals surface area contributed by atoms with Crippen molar-refractivity contribution in [1.82, 2.24) is 5.32 Å². The Labute approximate surface area is 148 Å². The molecule has 0 saturated carbocycles. The minimum atomic E-state index is 0. The standard InChI is InChI=1S/C18H36N2O.BrH/c1-5-7-8-9-10-11-12-13-14-18(21)19-15-17-20(3,4)16-6-2;/h5H,1,6-17H2,2-4H3;1H/p+1. The van der Waals surface area contributed by atoms with Gasteiger partial charge in [-0.25, -0.2) is 0 Å². The Bertz CT molecular complexity index is 280. The van der Waals surface area contributed by atoms with Crippen molar-refractivity contribution in [3.63, 3.8) is 0 Å². The Morgan fingerprint density at radius 2 is 1.64 bits per heavy atom. The van der Waals surface area contributed by atoms with Crippen LogP contribution < -0.4 is 5.32 Å². The first-order valence-corrected chi connectivity index (χ1v) is 8.71. The van der Waals surface area contributed by atoms with E-state index in [2.05, 4.69) is 32.9 Å². The van der Waals surface area contributed by atoms with E-state index in [9.17, 15) is 4.79 Å². The Balaban J connectivity index is 0. The van der Waals surface area contributed by atoms with E-state index in [-0.39, 0.29) is 22.9 Å². The molecule has 0 spiro atoms. The summed E-state index contributed by atoms with van der Waals surface area (Å²) >= 11 is 0. The number of nitrogens with zero attached hydrogens (tertiary/aromatic N) is 1. The number of hydrogen-bond acceptors (Lipinski definition) is 1. The molecule has 0 fully saturated rings. The lowest BCUT2D eigenvalue weighted by atomic mass is 10.1. The molecule has 0 aromatic carbocycles. The monoisotopic (exact) mass is 377 g/mol. The van der Waals surface area contributed by atoms with Crippen LogP contribution in [0, 0.1) is 0 Å². The first-order valence-electron chi connectivity index (χ1n) is 8.71. The number of carbonyl (C=O) groups is 1. The van der Waals surface area contributed by atoms with Gasteiger partial charge in [-0.15, -0.1) is 23.6 Å². The zero-order valence-electron chi connectivity index (χ0n) is 15.0. The number of carbonyl (C=O) groups excluding carboxylic acids is 1. The molecule has 0 aliphatic carbocycles. The maximum atomic E-state index is 11.7. The third-order valence-corrected chi connectivity index (χ3v) is 3.93. The van der Waals surface area contributed by atoms with E-state index >= 15 is 0 Å². The summed E-state index contributed by atoms with van der Waals surface area (Å²) in [5.74, 6) is 0.221. The molecule has 4 heteroatoms. The molecular weight excluding hydrogens is 340 g/mol. The van der Waals surface area contributed by atoms with Crippen LogP contribution in [0.15, 0.2) is 12.7 Å². The summed E-state index contributed by atoms with van der Waals surface area (Å²) in [5.41, 5.74) is 0. The topological polar surface area (TPSA) is 29.1 Å². The normalized spacial score (nSPS) is 10.9. The number of quaternary nitrogens is 1. The molecule has 22 heavy (non-hydrogen) atoms. The summed E-state index contributed by atoms with van der Waals surface area (Å²) in [5, 5.41) is 3.05. The molecule has 0 aliphatic heterocycles. The Morgan fingerprint density at radius 3 is 2.23 bits per heavy atom. The van der Waals surface area contributed by atoms with Crippen LogP contribution in [-0.2, 0) is 4.79 Å². The lowest BCUT2D eigenvalue weighted by Crippen LogP contribution is -2.45. The SMILES string of the molecule is Br.C=CCCCCCCCCC(=O)NCC[N+](C)(C)CCC. The average Bonchev–Trinajstić information content (AvgIpc) is 2.41. The van der Waals surface area contributed by atoms with E-state index in [1.165, 1.54) is 45.1 Å². The number of amides is 1. The zero-order chi connectivity index (χ0) is 16.0. The van der Waals surface area contributed by atoms with Gasteiger partial charge in [0.15, 0.2) is 0 Å². The fourth-order valence-corrected chi connectivity index (χ4v) is 2.58. The van der Waals surface area contributed by atoms with E-state index in [0.29, 0.717) is 6.42 Å². The molecule has 3 nitrogen and oxygen atoms in total. The van der Waals surface area contributed by atoms with Crippen LogP contribution >= 0.6 is 17.0 Å². The van der Waals surface area contributed by atoms with Crippen molar-refractivity contribution in [2.75, 3.05) is 33.7 Å². The fourth-order valence-electron chi connectivity index (χ4n) is 2.58. The van der Waals surface area contributed by atoms with Crippen LogP contribution in [0.1, 0.15) is 64.7 Å². The number of allylic oxidation sites excluding steroid dienone is 1. The molecule has 0 rings (SSSR count). The summed E-state index contributed by atoms with van der Waals surface area (Å²) < 4.78 is 0.988. The fraction of sp³-hybridized carbons (Fsp3) is 0.833. The number of likely N-dealkylation sites (N-methyl/N-ethyl adjacent to an activating group) is 1. The van der Waals surface area contributed by atoms with Gasteiger partial charge in [-0.05, 0) is 25.7 Å². The smallest absolute Gasteiger partial charge is 0.220 e. The van der Waals surface area contributed by atoms with Crippen molar-refractivity contribution in [2.24, 2.45) is 0 Å². The minimum Gasteiger partial charge on any atom is -0.350 e.